The minimum atomic E-state index is -0.225. The van der Waals surface area contributed by atoms with Crippen LogP contribution in [0.4, 0.5) is 11.4 Å². The van der Waals surface area contributed by atoms with Crippen molar-refractivity contribution in [3.63, 3.8) is 0 Å². The van der Waals surface area contributed by atoms with E-state index >= 15 is 0 Å². The Bertz CT molecular complexity index is 1220. The molecule has 0 saturated heterocycles. The Labute approximate surface area is 182 Å². The van der Waals surface area contributed by atoms with Gasteiger partial charge in [0.15, 0.2) is 5.82 Å². The van der Waals surface area contributed by atoms with Crippen LogP contribution in [0.1, 0.15) is 18.9 Å². The zero-order valence-corrected chi connectivity index (χ0v) is 17.1. The van der Waals surface area contributed by atoms with Gasteiger partial charge in [0.25, 0.3) is 0 Å². The second-order valence-electron chi connectivity index (χ2n) is 7.16. The molecule has 10 nitrogen and oxygen atoms in total. The number of carbonyl (C=O) groups is 1. The van der Waals surface area contributed by atoms with Crippen molar-refractivity contribution in [3.8, 4) is 17.1 Å². The van der Waals surface area contributed by atoms with Crippen LogP contribution in [0, 0.1) is 0 Å². The van der Waals surface area contributed by atoms with Gasteiger partial charge in [-0.15, -0.1) is 5.10 Å². The summed E-state index contributed by atoms with van der Waals surface area (Å²) in [6.45, 7) is 0.0698. The predicted molar refractivity (Wildman–Crippen MR) is 115 cm³/mol. The molecule has 2 aromatic heterocycles. The van der Waals surface area contributed by atoms with Crippen molar-refractivity contribution in [3.05, 3.63) is 60.1 Å². The first-order valence-corrected chi connectivity index (χ1v) is 10.1. The van der Waals surface area contributed by atoms with Crippen molar-refractivity contribution < 1.29 is 4.79 Å². The van der Waals surface area contributed by atoms with Gasteiger partial charge in [-0.1, -0.05) is 23.7 Å². The van der Waals surface area contributed by atoms with Gasteiger partial charge in [-0.2, -0.15) is 5.10 Å². The highest BCUT2D eigenvalue weighted by Gasteiger charge is 2.28. The topological polar surface area (TPSA) is 115 Å². The summed E-state index contributed by atoms with van der Waals surface area (Å²) < 4.78 is 3.42. The number of nitrogens with one attached hydrogen (secondary N) is 2. The Hall–Kier alpha value is -3.79. The molecule has 0 unspecified atom stereocenters. The minimum absolute atomic E-state index is 0.0698. The third-order valence-corrected chi connectivity index (χ3v) is 5.09. The van der Waals surface area contributed by atoms with Crippen molar-refractivity contribution in [2.24, 2.45) is 0 Å². The van der Waals surface area contributed by atoms with Gasteiger partial charge in [-0.25, -0.2) is 14.3 Å². The summed E-state index contributed by atoms with van der Waals surface area (Å²) in [5.41, 5.74) is 2.90. The van der Waals surface area contributed by atoms with Crippen LogP contribution in [0.2, 0.25) is 5.02 Å². The fraction of sp³-hybridized carbons (Fsp3) is 0.200. The van der Waals surface area contributed by atoms with Crippen LogP contribution >= 0.6 is 11.6 Å². The number of tetrazole rings is 1. The number of hydrogen-bond donors (Lipinski definition) is 2. The number of carbonyl (C=O) groups excluding carboxylic acids is 1. The lowest BCUT2D eigenvalue weighted by atomic mass is 10.2. The molecular formula is C20H18ClN9O. The Morgan fingerprint density at radius 3 is 2.90 bits per heavy atom. The van der Waals surface area contributed by atoms with E-state index in [4.69, 9.17) is 11.6 Å². The fourth-order valence-corrected chi connectivity index (χ4v) is 3.41. The molecule has 2 aromatic carbocycles. The average molecular weight is 436 g/mol. The van der Waals surface area contributed by atoms with Gasteiger partial charge in [0, 0.05) is 16.3 Å². The number of hydrogen-bond acceptors (Lipinski definition) is 7. The molecule has 4 aromatic rings. The molecule has 1 fully saturated rings. The number of rotatable bonds is 7. The van der Waals surface area contributed by atoms with Gasteiger partial charge in [-0.3, -0.25) is 4.79 Å². The van der Waals surface area contributed by atoms with Gasteiger partial charge in [0.05, 0.1) is 24.0 Å². The monoisotopic (exact) mass is 435 g/mol. The number of anilines is 2. The summed E-state index contributed by atoms with van der Waals surface area (Å²) in [6, 6.07) is 13.2. The SMILES string of the molecule is O=C(CNc1cccc(-c2nnnn2C2CC2)c1)Nc1cc(Cl)ccc1-n1cncn1. The second kappa shape index (κ2) is 8.15. The smallest absolute Gasteiger partial charge is 0.243 e. The van der Waals surface area contributed by atoms with Crippen LogP contribution in [-0.4, -0.2) is 47.4 Å². The van der Waals surface area contributed by atoms with Gasteiger partial charge >= 0.3 is 0 Å². The minimum Gasteiger partial charge on any atom is -0.376 e. The first-order valence-electron chi connectivity index (χ1n) is 9.74. The summed E-state index contributed by atoms with van der Waals surface area (Å²) in [5.74, 6) is 0.504. The van der Waals surface area contributed by atoms with E-state index in [1.54, 1.807) is 29.2 Å². The van der Waals surface area contributed by atoms with Crippen molar-refractivity contribution >= 4 is 28.9 Å². The van der Waals surface area contributed by atoms with Gasteiger partial charge in [-0.05, 0) is 53.6 Å². The molecule has 0 aliphatic heterocycles. The van der Waals surface area contributed by atoms with Crippen LogP contribution in [0.25, 0.3) is 17.1 Å². The number of halogens is 1. The van der Waals surface area contributed by atoms with Crippen molar-refractivity contribution in [1.82, 2.24) is 35.0 Å². The predicted octanol–water partition coefficient (Wildman–Crippen LogP) is 2.96. The summed E-state index contributed by atoms with van der Waals surface area (Å²) in [5, 5.41) is 22.7. The van der Waals surface area contributed by atoms with Crippen LogP contribution in [0.15, 0.2) is 55.1 Å². The van der Waals surface area contributed by atoms with E-state index in [1.165, 1.54) is 6.33 Å². The Balaban J connectivity index is 1.28. The standard InChI is InChI=1S/C20H18ClN9O/c21-14-4-7-18(29-12-22-11-24-29)17(9-14)25-19(31)10-23-15-3-1-2-13(8-15)20-26-27-28-30(20)16-5-6-16/h1-4,7-9,11-12,16,23H,5-6,10H2,(H,25,31). The molecule has 2 N–H and O–H groups in total. The normalized spacial score (nSPS) is 13.2. The van der Waals surface area contributed by atoms with Gasteiger partial charge in [0.2, 0.25) is 5.91 Å². The molecule has 0 atom stereocenters. The van der Waals surface area contributed by atoms with E-state index < -0.39 is 0 Å². The zero-order chi connectivity index (χ0) is 21.2. The quantitative estimate of drug-likeness (QED) is 0.458. The third-order valence-electron chi connectivity index (χ3n) is 4.86. The highest BCUT2D eigenvalue weighted by molar-refractivity contribution is 6.31. The zero-order valence-electron chi connectivity index (χ0n) is 16.3. The maximum atomic E-state index is 12.6. The lowest BCUT2D eigenvalue weighted by Gasteiger charge is -2.12. The molecule has 2 heterocycles. The van der Waals surface area contributed by atoms with E-state index in [0.29, 0.717) is 22.4 Å². The van der Waals surface area contributed by atoms with Crippen molar-refractivity contribution in [1.29, 1.82) is 0 Å². The summed E-state index contributed by atoms with van der Waals surface area (Å²) in [4.78, 5) is 16.5. The molecule has 0 radical (unpaired) electrons. The number of nitrogens with zero attached hydrogens (tertiary/aromatic N) is 7. The number of amides is 1. The maximum absolute atomic E-state index is 12.6. The molecule has 1 aliphatic carbocycles. The lowest BCUT2D eigenvalue weighted by Crippen LogP contribution is -2.22. The van der Waals surface area contributed by atoms with Gasteiger partial charge < -0.3 is 10.6 Å². The maximum Gasteiger partial charge on any atom is 0.243 e. The third kappa shape index (κ3) is 4.24. The highest BCUT2D eigenvalue weighted by atomic mass is 35.5. The molecule has 156 valence electrons. The highest BCUT2D eigenvalue weighted by Crippen LogP contribution is 2.36. The van der Waals surface area contributed by atoms with Gasteiger partial charge in [0.1, 0.15) is 12.7 Å². The summed E-state index contributed by atoms with van der Waals surface area (Å²) >= 11 is 6.11. The molecule has 0 bridgehead atoms. The Morgan fingerprint density at radius 1 is 1.19 bits per heavy atom. The average Bonchev–Trinajstić information content (AvgIpc) is 3.25. The molecule has 1 amide bonds. The van der Waals surface area contributed by atoms with Crippen LogP contribution < -0.4 is 10.6 Å². The van der Waals surface area contributed by atoms with Crippen molar-refractivity contribution in [2.75, 3.05) is 17.2 Å². The molecule has 11 heteroatoms. The van der Waals surface area contributed by atoms with E-state index in [-0.39, 0.29) is 12.5 Å². The molecule has 31 heavy (non-hydrogen) atoms. The van der Waals surface area contributed by atoms with Crippen LogP contribution in [0.3, 0.4) is 0 Å². The number of benzene rings is 2. The summed E-state index contributed by atoms with van der Waals surface area (Å²) in [7, 11) is 0. The van der Waals surface area contributed by atoms with E-state index in [2.05, 4.69) is 36.2 Å². The second-order valence-corrected chi connectivity index (χ2v) is 7.60. The molecule has 5 rings (SSSR count). The van der Waals surface area contributed by atoms with E-state index in [0.717, 1.165) is 29.9 Å². The molecular weight excluding hydrogens is 418 g/mol. The van der Waals surface area contributed by atoms with E-state index in [9.17, 15) is 4.79 Å². The lowest BCUT2D eigenvalue weighted by molar-refractivity contribution is -0.114. The Morgan fingerprint density at radius 2 is 2.10 bits per heavy atom. The van der Waals surface area contributed by atoms with Crippen LogP contribution in [-0.2, 0) is 4.79 Å². The van der Waals surface area contributed by atoms with Crippen molar-refractivity contribution in [2.45, 2.75) is 18.9 Å². The van der Waals surface area contributed by atoms with Crippen LogP contribution in [0.5, 0.6) is 0 Å². The number of aromatic nitrogens is 7. The van der Waals surface area contributed by atoms with E-state index in [1.807, 2.05) is 28.9 Å². The molecule has 1 aliphatic rings. The first kappa shape index (κ1) is 19.2. The molecule has 1 saturated carbocycles. The largest absolute Gasteiger partial charge is 0.376 e. The summed E-state index contributed by atoms with van der Waals surface area (Å²) in [6.07, 6.45) is 5.17. The molecule has 0 spiro atoms. The Kier molecular flexibility index (Phi) is 5.04. The fourth-order valence-electron chi connectivity index (χ4n) is 3.23. The first-order chi connectivity index (χ1) is 15.2.